The van der Waals surface area contributed by atoms with E-state index in [2.05, 4.69) is 36.9 Å². The number of piperidine rings is 1. The Labute approximate surface area is 184 Å². The molecule has 1 aliphatic heterocycles. The van der Waals surface area contributed by atoms with E-state index in [1.54, 1.807) is 25.5 Å². The van der Waals surface area contributed by atoms with Crippen molar-refractivity contribution in [3.8, 4) is 5.75 Å². The molecule has 1 fully saturated rings. The van der Waals surface area contributed by atoms with Crippen molar-refractivity contribution < 1.29 is 13.9 Å². The van der Waals surface area contributed by atoms with Crippen LogP contribution in [0, 0.1) is 13.8 Å². The van der Waals surface area contributed by atoms with Crippen molar-refractivity contribution in [2.24, 2.45) is 0 Å². The van der Waals surface area contributed by atoms with Gasteiger partial charge in [0.2, 0.25) is 0 Å². The fourth-order valence-corrected chi connectivity index (χ4v) is 4.27. The van der Waals surface area contributed by atoms with Crippen molar-refractivity contribution in [1.82, 2.24) is 4.90 Å². The first-order valence-corrected chi connectivity index (χ1v) is 10.8. The van der Waals surface area contributed by atoms with Crippen LogP contribution in [0.3, 0.4) is 0 Å². The number of nitrogens with zero attached hydrogens (tertiary/aromatic N) is 2. The molecule has 0 aliphatic carbocycles. The average Bonchev–Trinajstić information content (AvgIpc) is 3.33. The summed E-state index contributed by atoms with van der Waals surface area (Å²) in [5.74, 6) is 0.994. The first kappa shape index (κ1) is 21.2. The van der Waals surface area contributed by atoms with E-state index in [1.807, 2.05) is 29.2 Å². The van der Waals surface area contributed by atoms with Gasteiger partial charge in [0, 0.05) is 37.4 Å². The summed E-state index contributed by atoms with van der Waals surface area (Å²) in [6, 6.07) is 18.0. The van der Waals surface area contributed by atoms with E-state index in [1.165, 1.54) is 16.7 Å². The molecule has 162 valence electrons. The Kier molecular flexibility index (Phi) is 6.42. The molecule has 31 heavy (non-hydrogen) atoms. The lowest BCUT2D eigenvalue weighted by Gasteiger charge is -2.38. The van der Waals surface area contributed by atoms with Crippen molar-refractivity contribution >= 4 is 11.6 Å². The normalized spacial score (nSPS) is 15.1. The second kappa shape index (κ2) is 9.40. The highest BCUT2D eigenvalue weighted by atomic mass is 16.5. The molecule has 5 heteroatoms. The maximum Gasteiger partial charge on any atom is 0.294 e. The molecule has 5 nitrogen and oxygen atoms in total. The van der Waals surface area contributed by atoms with Gasteiger partial charge in [-0.25, -0.2) is 0 Å². The predicted molar refractivity (Wildman–Crippen MR) is 123 cm³/mol. The number of methoxy groups -OCH3 is 1. The maximum atomic E-state index is 13.3. The maximum absolute atomic E-state index is 13.3. The number of rotatable bonds is 6. The number of amides is 1. The number of benzene rings is 2. The summed E-state index contributed by atoms with van der Waals surface area (Å²) >= 11 is 0. The zero-order valence-corrected chi connectivity index (χ0v) is 18.5. The number of anilines is 1. The number of hydrogen-bond acceptors (Lipinski definition) is 4. The van der Waals surface area contributed by atoms with Gasteiger partial charge >= 0.3 is 0 Å². The molecule has 1 aliphatic rings. The van der Waals surface area contributed by atoms with Gasteiger partial charge in [-0.2, -0.15) is 0 Å². The molecule has 1 saturated heterocycles. The van der Waals surface area contributed by atoms with Crippen LogP contribution in [0.2, 0.25) is 0 Å². The summed E-state index contributed by atoms with van der Waals surface area (Å²) in [6.45, 7) is 7.15. The number of likely N-dealkylation sites (tertiary alicyclic amines) is 1. The molecule has 3 aromatic rings. The Balaban J connectivity index is 1.50. The van der Waals surface area contributed by atoms with Crippen molar-refractivity contribution in [2.75, 3.05) is 25.1 Å². The van der Waals surface area contributed by atoms with Gasteiger partial charge in [0.25, 0.3) is 5.91 Å². The summed E-state index contributed by atoms with van der Waals surface area (Å²) in [5.41, 5.74) is 4.85. The number of ether oxygens (including phenoxy) is 1. The van der Waals surface area contributed by atoms with Gasteiger partial charge in [0.15, 0.2) is 5.76 Å². The Hall–Kier alpha value is -3.05. The molecule has 4 rings (SSSR count). The van der Waals surface area contributed by atoms with Crippen LogP contribution in [0.4, 0.5) is 5.69 Å². The first-order valence-electron chi connectivity index (χ1n) is 10.8. The van der Waals surface area contributed by atoms with E-state index in [4.69, 9.17) is 9.15 Å². The number of carbonyl (C=O) groups excluding carboxylic acids is 1. The molecule has 1 aromatic heterocycles. The molecule has 0 bridgehead atoms. The smallest absolute Gasteiger partial charge is 0.294 e. The molecule has 0 radical (unpaired) electrons. The zero-order valence-electron chi connectivity index (χ0n) is 18.5. The van der Waals surface area contributed by atoms with Gasteiger partial charge in [0.05, 0.1) is 13.4 Å². The van der Waals surface area contributed by atoms with Gasteiger partial charge in [-0.05, 0) is 67.6 Å². The summed E-state index contributed by atoms with van der Waals surface area (Å²) in [7, 11) is 1.64. The highest BCUT2D eigenvalue weighted by Gasteiger charge is 2.31. The largest absolute Gasteiger partial charge is 0.497 e. The average molecular weight is 419 g/mol. The number of furan rings is 1. The molecule has 1 amide bonds. The summed E-state index contributed by atoms with van der Waals surface area (Å²) in [5, 5.41) is 0. The zero-order chi connectivity index (χ0) is 21.8. The minimum absolute atomic E-state index is 0.106. The highest BCUT2D eigenvalue weighted by molar-refractivity contribution is 6.04. The Morgan fingerprint density at radius 1 is 1.06 bits per heavy atom. The fourth-order valence-electron chi connectivity index (χ4n) is 4.27. The van der Waals surface area contributed by atoms with E-state index >= 15 is 0 Å². The second-order valence-electron chi connectivity index (χ2n) is 8.28. The third-order valence-electron chi connectivity index (χ3n) is 6.18. The second-order valence-corrected chi connectivity index (χ2v) is 8.28. The van der Waals surface area contributed by atoms with E-state index < -0.39 is 0 Å². The van der Waals surface area contributed by atoms with E-state index in [0.29, 0.717) is 5.76 Å². The SMILES string of the molecule is COc1cccc(N(C(=O)c2ccco2)C2CCN(Cc3ccc(C)c(C)c3)CC2)c1. The minimum atomic E-state index is -0.106. The standard InChI is InChI=1S/C26H30N2O3/c1-19-9-10-21(16-20(19)2)18-27-13-11-22(12-14-27)28(26(29)25-8-5-15-31-25)23-6-4-7-24(17-23)30-3/h4-10,15-17,22H,11-14,18H2,1-3H3. The third-order valence-corrected chi connectivity index (χ3v) is 6.18. The number of carbonyl (C=O) groups is 1. The van der Waals surface area contributed by atoms with Crippen LogP contribution in [-0.4, -0.2) is 37.0 Å². The van der Waals surface area contributed by atoms with Gasteiger partial charge in [-0.3, -0.25) is 9.69 Å². The monoisotopic (exact) mass is 418 g/mol. The van der Waals surface area contributed by atoms with Crippen LogP contribution in [0.5, 0.6) is 5.75 Å². The van der Waals surface area contributed by atoms with E-state index in [-0.39, 0.29) is 11.9 Å². The van der Waals surface area contributed by atoms with Gasteiger partial charge in [-0.1, -0.05) is 24.3 Å². The Morgan fingerprint density at radius 3 is 2.55 bits per heavy atom. The van der Waals surface area contributed by atoms with Crippen LogP contribution < -0.4 is 9.64 Å². The number of hydrogen-bond donors (Lipinski definition) is 0. The quantitative estimate of drug-likeness (QED) is 0.551. The molecular formula is C26H30N2O3. The van der Waals surface area contributed by atoms with Gasteiger partial charge in [-0.15, -0.1) is 0 Å². The molecule has 0 saturated carbocycles. The topological polar surface area (TPSA) is 45.9 Å². The van der Waals surface area contributed by atoms with Crippen LogP contribution in [-0.2, 0) is 6.54 Å². The van der Waals surface area contributed by atoms with Crippen molar-refractivity contribution in [3.05, 3.63) is 83.3 Å². The van der Waals surface area contributed by atoms with E-state index in [0.717, 1.165) is 43.9 Å². The van der Waals surface area contributed by atoms with Crippen LogP contribution in [0.25, 0.3) is 0 Å². The van der Waals surface area contributed by atoms with Crippen molar-refractivity contribution in [1.29, 1.82) is 0 Å². The number of aryl methyl sites for hydroxylation is 2. The molecule has 0 atom stereocenters. The Morgan fingerprint density at radius 2 is 1.87 bits per heavy atom. The van der Waals surface area contributed by atoms with Gasteiger partial charge in [0.1, 0.15) is 5.75 Å². The molecule has 2 aromatic carbocycles. The Bertz CT molecular complexity index is 1020. The lowest BCUT2D eigenvalue weighted by atomic mass is 10.00. The minimum Gasteiger partial charge on any atom is -0.497 e. The van der Waals surface area contributed by atoms with Crippen LogP contribution in [0.1, 0.15) is 40.1 Å². The van der Waals surface area contributed by atoms with Crippen LogP contribution in [0.15, 0.2) is 65.3 Å². The lowest BCUT2D eigenvalue weighted by Crippen LogP contribution is -2.47. The molecular weight excluding hydrogens is 388 g/mol. The molecule has 0 unspecified atom stereocenters. The summed E-state index contributed by atoms with van der Waals surface area (Å²) in [6.07, 6.45) is 3.37. The van der Waals surface area contributed by atoms with Crippen molar-refractivity contribution in [2.45, 2.75) is 39.3 Å². The summed E-state index contributed by atoms with van der Waals surface area (Å²) < 4.78 is 10.8. The molecule has 2 heterocycles. The summed E-state index contributed by atoms with van der Waals surface area (Å²) in [4.78, 5) is 17.7. The third kappa shape index (κ3) is 4.83. The van der Waals surface area contributed by atoms with E-state index in [9.17, 15) is 4.79 Å². The van der Waals surface area contributed by atoms with Gasteiger partial charge < -0.3 is 14.1 Å². The predicted octanol–water partition coefficient (Wildman–Crippen LogP) is 5.22. The highest BCUT2D eigenvalue weighted by Crippen LogP contribution is 2.29. The fraction of sp³-hybridized carbons (Fsp3) is 0.346. The lowest BCUT2D eigenvalue weighted by molar-refractivity contribution is 0.0931. The van der Waals surface area contributed by atoms with Crippen LogP contribution >= 0.6 is 0 Å². The molecule has 0 N–H and O–H groups in total. The first-order chi connectivity index (χ1) is 15.0. The van der Waals surface area contributed by atoms with Crippen molar-refractivity contribution in [3.63, 3.8) is 0 Å². The molecule has 0 spiro atoms.